The highest BCUT2D eigenvalue weighted by Crippen LogP contribution is 2.34. The van der Waals surface area contributed by atoms with Crippen molar-refractivity contribution >= 4 is 0 Å². The molecule has 2 atom stereocenters. The van der Waals surface area contributed by atoms with Crippen LogP contribution in [0.5, 0.6) is 0 Å². The summed E-state index contributed by atoms with van der Waals surface area (Å²) in [5.41, 5.74) is 5.91. The molecule has 1 aromatic heterocycles. The standard InChI is InChI=1S/C13H25N3O3/c1-13(2,3)10(18-5)11-15-12(19-16-11)9(14)7-6-8-17-4/h9-10H,6-8,14H2,1-5H3. The van der Waals surface area contributed by atoms with Crippen molar-refractivity contribution in [2.45, 2.75) is 45.8 Å². The lowest BCUT2D eigenvalue weighted by Crippen LogP contribution is -2.21. The molecule has 2 N–H and O–H groups in total. The van der Waals surface area contributed by atoms with Gasteiger partial charge >= 0.3 is 0 Å². The summed E-state index contributed by atoms with van der Waals surface area (Å²) in [5, 5.41) is 3.98. The molecule has 1 aromatic rings. The van der Waals surface area contributed by atoms with E-state index in [-0.39, 0.29) is 17.6 Å². The van der Waals surface area contributed by atoms with E-state index in [1.54, 1.807) is 14.2 Å². The maximum absolute atomic E-state index is 6.01. The van der Waals surface area contributed by atoms with E-state index >= 15 is 0 Å². The van der Waals surface area contributed by atoms with Gasteiger partial charge in [-0.3, -0.25) is 0 Å². The van der Waals surface area contributed by atoms with Gasteiger partial charge in [0.1, 0.15) is 6.10 Å². The number of methoxy groups -OCH3 is 2. The van der Waals surface area contributed by atoms with Crippen LogP contribution in [0, 0.1) is 5.41 Å². The average Bonchev–Trinajstić information content (AvgIpc) is 2.77. The molecule has 0 spiro atoms. The Morgan fingerprint density at radius 3 is 2.53 bits per heavy atom. The molecular weight excluding hydrogens is 246 g/mol. The van der Waals surface area contributed by atoms with Gasteiger partial charge in [0, 0.05) is 20.8 Å². The Labute approximate surface area is 114 Å². The number of nitrogens with zero attached hydrogens (tertiary/aromatic N) is 2. The lowest BCUT2D eigenvalue weighted by Gasteiger charge is -2.26. The molecule has 0 aliphatic rings. The minimum Gasteiger partial charge on any atom is -0.385 e. The summed E-state index contributed by atoms with van der Waals surface area (Å²) in [7, 11) is 3.31. The SMILES string of the molecule is COCCCC(N)c1nc(C(OC)C(C)(C)C)no1. The molecule has 0 fully saturated rings. The fourth-order valence-corrected chi connectivity index (χ4v) is 1.92. The molecule has 0 amide bonds. The Morgan fingerprint density at radius 1 is 1.32 bits per heavy atom. The molecule has 1 rings (SSSR count). The molecule has 0 saturated carbocycles. The van der Waals surface area contributed by atoms with Crippen LogP contribution in [-0.2, 0) is 9.47 Å². The second-order valence-electron chi connectivity index (χ2n) is 5.71. The zero-order chi connectivity index (χ0) is 14.5. The summed E-state index contributed by atoms with van der Waals surface area (Å²) in [6, 6.07) is -0.256. The third kappa shape index (κ3) is 4.56. The number of nitrogens with two attached hydrogens (primary N) is 1. The Bertz CT molecular complexity index is 373. The van der Waals surface area contributed by atoms with Gasteiger partial charge in [-0.1, -0.05) is 25.9 Å². The molecule has 0 radical (unpaired) electrons. The third-order valence-corrected chi connectivity index (χ3v) is 2.90. The van der Waals surface area contributed by atoms with Crippen LogP contribution in [0.1, 0.15) is 57.5 Å². The second kappa shape index (κ2) is 6.98. The van der Waals surface area contributed by atoms with E-state index in [0.29, 0.717) is 18.3 Å². The fourth-order valence-electron chi connectivity index (χ4n) is 1.92. The van der Waals surface area contributed by atoms with Crippen LogP contribution in [-0.4, -0.2) is 31.0 Å². The molecule has 2 unspecified atom stereocenters. The molecule has 0 bridgehead atoms. The number of aromatic nitrogens is 2. The van der Waals surface area contributed by atoms with Gasteiger partial charge in [-0.2, -0.15) is 4.98 Å². The van der Waals surface area contributed by atoms with Crippen LogP contribution < -0.4 is 5.73 Å². The predicted octanol–water partition coefficient (Wildman–Crippen LogP) is 2.23. The Hall–Kier alpha value is -0.980. The molecule has 0 aliphatic carbocycles. The molecule has 6 nitrogen and oxygen atoms in total. The van der Waals surface area contributed by atoms with Crippen molar-refractivity contribution in [3.8, 4) is 0 Å². The second-order valence-corrected chi connectivity index (χ2v) is 5.71. The Kier molecular flexibility index (Phi) is 5.90. The van der Waals surface area contributed by atoms with Gasteiger partial charge in [0.15, 0.2) is 0 Å². The highest BCUT2D eigenvalue weighted by molar-refractivity contribution is 4.98. The van der Waals surface area contributed by atoms with Gasteiger partial charge in [0.05, 0.1) is 6.04 Å². The lowest BCUT2D eigenvalue weighted by molar-refractivity contribution is 0.00718. The van der Waals surface area contributed by atoms with Crippen LogP contribution in [0.25, 0.3) is 0 Å². The van der Waals surface area contributed by atoms with Gasteiger partial charge in [-0.25, -0.2) is 0 Å². The summed E-state index contributed by atoms with van der Waals surface area (Å²) < 4.78 is 15.7. The number of hydrogen-bond acceptors (Lipinski definition) is 6. The van der Waals surface area contributed by atoms with Gasteiger partial charge < -0.3 is 19.7 Å². The first-order chi connectivity index (χ1) is 8.90. The summed E-state index contributed by atoms with van der Waals surface area (Å²) in [5.74, 6) is 1.00. The number of ether oxygens (including phenoxy) is 2. The van der Waals surface area contributed by atoms with Gasteiger partial charge in [0.2, 0.25) is 11.7 Å². The first-order valence-corrected chi connectivity index (χ1v) is 6.51. The van der Waals surface area contributed by atoms with Gasteiger partial charge in [0.25, 0.3) is 0 Å². The van der Waals surface area contributed by atoms with E-state index in [9.17, 15) is 0 Å². The van der Waals surface area contributed by atoms with Crippen molar-refractivity contribution in [2.75, 3.05) is 20.8 Å². The van der Waals surface area contributed by atoms with Crippen molar-refractivity contribution in [1.29, 1.82) is 0 Å². The molecule has 19 heavy (non-hydrogen) atoms. The van der Waals surface area contributed by atoms with Crippen LogP contribution in [0.4, 0.5) is 0 Å². The maximum atomic E-state index is 6.01. The summed E-state index contributed by atoms with van der Waals surface area (Å²) >= 11 is 0. The van der Waals surface area contributed by atoms with E-state index in [0.717, 1.165) is 12.8 Å². The first-order valence-electron chi connectivity index (χ1n) is 6.51. The van der Waals surface area contributed by atoms with Crippen LogP contribution in [0.15, 0.2) is 4.52 Å². The highest BCUT2D eigenvalue weighted by atomic mass is 16.5. The van der Waals surface area contributed by atoms with E-state index in [4.69, 9.17) is 19.7 Å². The summed E-state index contributed by atoms with van der Waals surface area (Å²) in [6.07, 6.45) is 1.40. The zero-order valence-corrected chi connectivity index (χ0v) is 12.5. The van der Waals surface area contributed by atoms with Crippen molar-refractivity contribution in [2.24, 2.45) is 11.1 Å². The van der Waals surface area contributed by atoms with E-state index in [2.05, 4.69) is 30.9 Å². The molecule has 110 valence electrons. The van der Waals surface area contributed by atoms with Gasteiger partial charge in [-0.15, -0.1) is 0 Å². The van der Waals surface area contributed by atoms with Crippen molar-refractivity contribution < 1.29 is 14.0 Å². The topological polar surface area (TPSA) is 83.4 Å². The van der Waals surface area contributed by atoms with E-state index in [1.807, 2.05) is 0 Å². The molecule has 0 aliphatic heterocycles. The monoisotopic (exact) mass is 271 g/mol. The number of hydrogen-bond donors (Lipinski definition) is 1. The van der Waals surface area contributed by atoms with Crippen LogP contribution >= 0.6 is 0 Å². The van der Waals surface area contributed by atoms with Gasteiger partial charge in [-0.05, 0) is 18.3 Å². The van der Waals surface area contributed by atoms with E-state index in [1.165, 1.54) is 0 Å². The molecule has 0 saturated heterocycles. The van der Waals surface area contributed by atoms with Crippen molar-refractivity contribution in [3.05, 3.63) is 11.7 Å². The molecule has 1 heterocycles. The van der Waals surface area contributed by atoms with Crippen LogP contribution in [0.3, 0.4) is 0 Å². The fraction of sp³-hybridized carbons (Fsp3) is 0.846. The molecular formula is C13H25N3O3. The minimum absolute atomic E-state index is 0.101. The molecule has 6 heteroatoms. The maximum Gasteiger partial charge on any atom is 0.243 e. The van der Waals surface area contributed by atoms with Crippen molar-refractivity contribution in [3.63, 3.8) is 0 Å². The Morgan fingerprint density at radius 2 is 2.00 bits per heavy atom. The third-order valence-electron chi connectivity index (χ3n) is 2.90. The zero-order valence-electron chi connectivity index (χ0n) is 12.5. The predicted molar refractivity (Wildman–Crippen MR) is 71.5 cm³/mol. The van der Waals surface area contributed by atoms with Crippen LogP contribution in [0.2, 0.25) is 0 Å². The first kappa shape index (κ1) is 16.1. The highest BCUT2D eigenvalue weighted by Gasteiger charge is 2.31. The van der Waals surface area contributed by atoms with Crippen molar-refractivity contribution in [1.82, 2.24) is 10.1 Å². The summed E-state index contributed by atoms with van der Waals surface area (Å²) in [6.45, 7) is 6.87. The minimum atomic E-state index is -0.256. The molecule has 0 aromatic carbocycles. The lowest BCUT2D eigenvalue weighted by atomic mass is 9.88. The summed E-state index contributed by atoms with van der Waals surface area (Å²) in [4.78, 5) is 4.36. The Balaban J connectivity index is 2.70. The quantitative estimate of drug-likeness (QED) is 0.766. The normalized spacial score (nSPS) is 15.5. The average molecular weight is 271 g/mol. The number of rotatable bonds is 7. The largest absolute Gasteiger partial charge is 0.385 e. The van der Waals surface area contributed by atoms with E-state index < -0.39 is 0 Å². The smallest absolute Gasteiger partial charge is 0.243 e.